The first-order valence-corrected chi connectivity index (χ1v) is 8.19. The molecule has 2 nitrogen and oxygen atoms in total. The summed E-state index contributed by atoms with van der Waals surface area (Å²) >= 11 is 2.49. The second kappa shape index (κ2) is 6.55. The summed E-state index contributed by atoms with van der Waals surface area (Å²) in [5.41, 5.74) is 0.171. The van der Waals surface area contributed by atoms with Gasteiger partial charge in [-0.05, 0) is 25.7 Å². The van der Waals surface area contributed by atoms with E-state index in [1.165, 1.54) is 51.4 Å². The highest BCUT2D eigenvalue weighted by atomic mass is 127. The molecule has 0 radical (unpaired) electrons. The van der Waals surface area contributed by atoms with E-state index in [2.05, 4.69) is 22.6 Å². The molecule has 0 aromatic carbocycles. The fraction of sp³-hybridized carbons (Fsp3) is 1.00. The van der Waals surface area contributed by atoms with Gasteiger partial charge in [0.25, 0.3) is 0 Å². The SMILES string of the molecule is ICC1(OCCOC2CC2)CCCCCC1. The molecule has 0 aromatic heterocycles. The summed E-state index contributed by atoms with van der Waals surface area (Å²) < 4.78 is 12.9. The van der Waals surface area contributed by atoms with Crippen molar-refractivity contribution in [2.24, 2.45) is 0 Å². The second-order valence-corrected chi connectivity index (χ2v) is 5.91. The molecule has 3 heteroatoms. The molecule has 0 amide bonds. The zero-order valence-corrected chi connectivity index (χ0v) is 12.2. The number of alkyl halides is 1. The lowest BCUT2D eigenvalue weighted by molar-refractivity contribution is -0.0621. The minimum atomic E-state index is 0.171. The third-order valence-electron chi connectivity index (χ3n) is 3.63. The van der Waals surface area contributed by atoms with Gasteiger partial charge < -0.3 is 9.47 Å². The number of ether oxygens (including phenoxy) is 2. The van der Waals surface area contributed by atoms with E-state index in [0.29, 0.717) is 6.10 Å². The van der Waals surface area contributed by atoms with Gasteiger partial charge in [-0.25, -0.2) is 0 Å². The van der Waals surface area contributed by atoms with Crippen LogP contribution in [0.2, 0.25) is 0 Å². The molecule has 0 spiro atoms. The number of halogens is 1. The molecule has 0 aromatic rings. The summed E-state index contributed by atoms with van der Waals surface area (Å²) in [4.78, 5) is 0. The van der Waals surface area contributed by atoms with Crippen LogP contribution >= 0.6 is 22.6 Å². The summed E-state index contributed by atoms with van der Waals surface area (Å²) in [5, 5.41) is 0. The summed E-state index contributed by atoms with van der Waals surface area (Å²) in [6.45, 7) is 1.59. The monoisotopic (exact) mass is 338 g/mol. The van der Waals surface area contributed by atoms with Crippen molar-refractivity contribution in [3.05, 3.63) is 0 Å². The van der Waals surface area contributed by atoms with Crippen LogP contribution in [0.3, 0.4) is 0 Å². The quantitative estimate of drug-likeness (QED) is 0.318. The van der Waals surface area contributed by atoms with Gasteiger partial charge in [-0.15, -0.1) is 0 Å². The Bertz CT molecular complexity index is 196. The highest BCUT2D eigenvalue weighted by molar-refractivity contribution is 14.1. The smallest absolute Gasteiger partial charge is 0.0772 e. The molecule has 0 atom stereocenters. The Labute approximate surface area is 113 Å². The van der Waals surface area contributed by atoms with Crippen molar-refractivity contribution in [2.45, 2.75) is 63.1 Å². The minimum absolute atomic E-state index is 0.171. The summed E-state index contributed by atoms with van der Waals surface area (Å²) in [5.74, 6) is 0. The van der Waals surface area contributed by atoms with E-state index in [0.717, 1.165) is 17.6 Å². The molecule has 2 fully saturated rings. The lowest BCUT2D eigenvalue weighted by Crippen LogP contribution is -2.35. The van der Waals surface area contributed by atoms with E-state index in [1.54, 1.807) is 0 Å². The summed E-state index contributed by atoms with van der Waals surface area (Å²) in [7, 11) is 0. The molecular formula is C13H23IO2. The molecule has 2 aliphatic carbocycles. The Morgan fingerprint density at radius 3 is 2.25 bits per heavy atom. The van der Waals surface area contributed by atoms with E-state index >= 15 is 0 Å². The zero-order chi connectivity index (χ0) is 11.3. The Hall–Kier alpha value is 0.650. The predicted molar refractivity (Wildman–Crippen MR) is 74.2 cm³/mol. The van der Waals surface area contributed by atoms with E-state index in [1.807, 2.05) is 0 Å². The fourth-order valence-electron chi connectivity index (χ4n) is 2.40. The summed E-state index contributed by atoms with van der Waals surface area (Å²) in [6.07, 6.45) is 11.0. The molecule has 0 heterocycles. The highest BCUT2D eigenvalue weighted by Gasteiger charge is 2.30. The molecule has 0 saturated heterocycles. The highest BCUT2D eigenvalue weighted by Crippen LogP contribution is 2.32. The van der Waals surface area contributed by atoms with Crippen LogP contribution in [0.1, 0.15) is 51.4 Å². The van der Waals surface area contributed by atoms with Crippen LogP contribution in [-0.2, 0) is 9.47 Å². The Balaban J connectivity index is 1.68. The molecule has 2 saturated carbocycles. The van der Waals surface area contributed by atoms with Gasteiger partial charge in [0.15, 0.2) is 0 Å². The van der Waals surface area contributed by atoms with Gasteiger partial charge in [-0.2, -0.15) is 0 Å². The molecule has 2 rings (SSSR count). The van der Waals surface area contributed by atoms with E-state index < -0.39 is 0 Å². The first-order chi connectivity index (χ1) is 7.85. The third kappa shape index (κ3) is 4.15. The molecular weight excluding hydrogens is 315 g/mol. The predicted octanol–water partition coefficient (Wildman–Crippen LogP) is 3.71. The zero-order valence-electron chi connectivity index (χ0n) is 10.0. The maximum absolute atomic E-state index is 6.15. The topological polar surface area (TPSA) is 18.5 Å². The lowest BCUT2D eigenvalue weighted by Gasteiger charge is -2.31. The molecule has 0 N–H and O–H groups in total. The number of hydrogen-bond donors (Lipinski definition) is 0. The first kappa shape index (κ1) is 13.1. The van der Waals surface area contributed by atoms with E-state index in [4.69, 9.17) is 9.47 Å². The van der Waals surface area contributed by atoms with Crippen LogP contribution in [0, 0.1) is 0 Å². The van der Waals surface area contributed by atoms with Crippen molar-refractivity contribution in [1.29, 1.82) is 0 Å². The van der Waals surface area contributed by atoms with Crippen LogP contribution in [0.4, 0.5) is 0 Å². The van der Waals surface area contributed by atoms with Crippen LogP contribution in [0.25, 0.3) is 0 Å². The van der Waals surface area contributed by atoms with Crippen LogP contribution in [0.15, 0.2) is 0 Å². The number of hydrogen-bond acceptors (Lipinski definition) is 2. The second-order valence-electron chi connectivity index (χ2n) is 5.15. The third-order valence-corrected chi connectivity index (χ3v) is 5.02. The fourth-order valence-corrected chi connectivity index (χ4v) is 3.38. The van der Waals surface area contributed by atoms with Crippen LogP contribution in [0.5, 0.6) is 0 Å². The normalized spacial score (nSPS) is 25.3. The lowest BCUT2D eigenvalue weighted by atomic mass is 9.97. The molecule has 2 aliphatic rings. The number of rotatable bonds is 6. The Morgan fingerprint density at radius 1 is 1.00 bits per heavy atom. The van der Waals surface area contributed by atoms with Gasteiger partial charge in [-0.3, -0.25) is 0 Å². The average molecular weight is 338 g/mol. The van der Waals surface area contributed by atoms with Gasteiger partial charge in [0, 0.05) is 4.43 Å². The van der Waals surface area contributed by atoms with Crippen molar-refractivity contribution in [2.75, 3.05) is 17.6 Å². The Morgan fingerprint density at radius 2 is 1.69 bits per heavy atom. The molecule has 0 aliphatic heterocycles. The van der Waals surface area contributed by atoms with Gasteiger partial charge in [0.1, 0.15) is 0 Å². The molecule has 0 bridgehead atoms. The summed E-state index contributed by atoms with van der Waals surface area (Å²) in [6, 6.07) is 0. The van der Waals surface area contributed by atoms with Crippen molar-refractivity contribution in [3.8, 4) is 0 Å². The maximum atomic E-state index is 6.15. The van der Waals surface area contributed by atoms with E-state index in [9.17, 15) is 0 Å². The molecule has 94 valence electrons. The standard InChI is InChI=1S/C13H23IO2/c14-11-13(7-3-1-2-4-8-13)16-10-9-15-12-5-6-12/h12H,1-11H2. The Kier molecular flexibility index (Phi) is 5.36. The maximum Gasteiger partial charge on any atom is 0.0772 e. The van der Waals surface area contributed by atoms with Gasteiger partial charge >= 0.3 is 0 Å². The van der Waals surface area contributed by atoms with E-state index in [-0.39, 0.29) is 5.60 Å². The molecule has 0 unspecified atom stereocenters. The van der Waals surface area contributed by atoms with Gasteiger partial charge in [0.2, 0.25) is 0 Å². The molecule has 16 heavy (non-hydrogen) atoms. The van der Waals surface area contributed by atoms with Crippen LogP contribution < -0.4 is 0 Å². The van der Waals surface area contributed by atoms with Crippen molar-refractivity contribution in [1.82, 2.24) is 0 Å². The average Bonchev–Trinajstić information content (AvgIpc) is 3.13. The van der Waals surface area contributed by atoms with Crippen molar-refractivity contribution >= 4 is 22.6 Å². The van der Waals surface area contributed by atoms with Gasteiger partial charge in [-0.1, -0.05) is 48.3 Å². The minimum Gasteiger partial charge on any atom is -0.376 e. The van der Waals surface area contributed by atoms with Crippen LogP contribution in [-0.4, -0.2) is 29.3 Å². The van der Waals surface area contributed by atoms with Crippen molar-refractivity contribution in [3.63, 3.8) is 0 Å². The first-order valence-electron chi connectivity index (χ1n) is 6.66. The largest absolute Gasteiger partial charge is 0.376 e. The van der Waals surface area contributed by atoms with Crippen molar-refractivity contribution < 1.29 is 9.47 Å². The van der Waals surface area contributed by atoms with Gasteiger partial charge in [0.05, 0.1) is 24.9 Å².